The number of hydrogen-bond donors (Lipinski definition) is 2. The molecule has 0 radical (unpaired) electrons. The number of rotatable bonds is 3. The Morgan fingerprint density at radius 1 is 1.23 bits per heavy atom. The summed E-state index contributed by atoms with van der Waals surface area (Å²) in [7, 11) is 0. The third-order valence-corrected chi connectivity index (χ3v) is 11.3. The van der Waals surface area contributed by atoms with E-state index >= 15 is 0 Å². The fourth-order valence-corrected chi connectivity index (χ4v) is 9.50. The second kappa shape index (κ2) is 8.00. The molecule has 0 aromatic heterocycles. The van der Waals surface area contributed by atoms with Crippen molar-refractivity contribution >= 4 is 17.3 Å². The van der Waals surface area contributed by atoms with Crippen molar-refractivity contribution < 1.29 is 28.9 Å². The molecule has 8 nitrogen and oxygen atoms in total. The van der Waals surface area contributed by atoms with E-state index in [1.807, 2.05) is 6.08 Å². The lowest BCUT2D eigenvalue weighted by molar-refractivity contribution is -0.264. The van der Waals surface area contributed by atoms with E-state index in [1.165, 1.54) is 5.57 Å². The number of halogens is 1. The maximum absolute atomic E-state index is 12.0. The Balaban J connectivity index is 1.39. The molecule has 9 heteroatoms. The van der Waals surface area contributed by atoms with Crippen LogP contribution in [0.5, 0.6) is 0 Å². The number of aliphatic hydroxyl groups excluding tert-OH is 1. The van der Waals surface area contributed by atoms with Gasteiger partial charge in [-0.15, -0.1) is 11.6 Å². The van der Waals surface area contributed by atoms with Crippen molar-refractivity contribution in [3.63, 3.8) is 0 Å². The zero-order chi connectivity index (χ0) is 24.7. The summed E-state index contributed by atoms with van der Waals surface area (Å²) in [6.07, 6.45) is 8.63. The number of ether oxygens (including phenoxy) is 4. The minimum atomic E-state index is -0.939. The predicted octanol–water partition coefficient (Wildman–Crippen LogP) is 3.08. The highest BCUT2D eigenvalue weighted by molar-refractivity contribution is 6.26. The first kappa shape index (κ1) is 24.3. The maximum Gasteiger partial charge on any atom is 0.227 e. The number of allylic oxidation sites excluding steroid dienone is 4. The second-order valence-corrected chi connectivity index (χ2v) is 12.3. The molecule has 9 atom stereocenters. The average molecular weight is 509 g/mol. The van der Waals surface area contributed by atoms with E-state index in [0.717, 1.165) is 25.0 Å². The van der Waals surface area contributed by atoms with Crippen LogP contribution in [0.2, 0.25) is 0 Å². The lowest BCUT2D eigenvalue weighted by Crippen LogP contribution is -2.71. The number of oxime groups is 1. The van der Waals surface area contributed by atoms with Crippen molar-refractivity contribution in [1.29, 1.82) is 0 Å². The summed E-state index contributed by atoms with van der Waals surface area (Å²) in [5.74, 6) is -0.429. The summed E-state index contributed by atoms with van der Waals surface area (Å²) >= 11 is 7.68. The minimum Gasteiger partial charge on any atom is -0.394 e. The summed E-state index contributed by atoms with van der Waals surface area (Å²) in [5, 5.41) is 16.2. The molecule has 6 aliphatic rings. The Hall–Kier alpha value is -1.00. The Labute approximate surface area is 211 Å². The van der Waals surface area contributed by atoms with Gasteiger partial charge in [-0.2, -0.15) is 0 Å². The molecule has 1 unspecified atom stereocenters. The van der Waals surface area contributed by atoms with Gasteiger partial charge in [0.05, 0.1) is 11.0 Å². The van der Waals surface area contributed by atoms with Crippen molar-refractivity contribution in [3.8, 4) is 0 Å². The highest BCUT2D eigenvalue weighted by Crippen LogP contribution is 2.74. The average Bonchev–Trinajstić information content (AvgIpc) is 3.51. The number of fused-ring (bicyclic) bond motifs is 7. The number of aliphatic hydroxyl groups is 1. The monoisotopic (exact) mass is 508 g/mol. The molecular weight excluding hydrogens is 472 g/mol. The molecule has 194 valence electrons. The molecule has 0 aromatic rings. The lowest BCUT2D eigenvalue weighted by Gasteiger charge is -2.64. The normalized spacial score (nSPS) is 53.7. The zero-order valence-electron chi connectivity index (χ0n) is 20.8. The lowest BCUT2D eigenvalue weighted by atomic mass is 9.45. The molecule has 2 saturated heterocycles. The molecule has 0 amide bonds. The molecule has 2 aliphatic heterocycles. The van der Waals surface area contributed by atoms with Gasteiger partial charge in [0.1, 0.15) is 24.5 Å². The third kappa shape index (κ3) is 2.82. The van der Waals surface area contributed by atoms with Crippen LogP contribution in [0.4, 0.5) is 0 Å². The van der Waals surface area contributed by atoms with Crippen LogP contribution in [0.1, 0.15) is 46.5 Å². The Morgan fingerprint density at radius 3 is 2.77 bits per heavy atom. The van der Waals surface area contributed by atoms with Crippen LogP contribution < -0.4 is 5.73 Å². The molecule has 5 fully saturated rings. The number of hydrogen-bond acceptors (Lipinski definition) is 8. The van der Waals surface area contributed by atoms with Crippen LogP contribution >= 0.6 is 11.6 Å². The SMILES string of the molecule is C[C@H]1C[C@H]2[C@@H]3CCC4=C/C(=N/OCCN)C=C[C@]4(C)[C@@]3(Cl)[C@@H](O)C[C@]2(C)[C@]12OCOC21COCO1. The van der Waals surface area contributed by atoms with Crippen molar-refractivity contribution in [2.45, 2.75) is 68.8 Å². The van der Waals surface area contributed by atoms with Gasteiger partial charge < -0.3 is 34.6 Å². The van der Waals surface area contributed by atoms with Crippen molar-refractivity contribution in [1.82, 2.24) is 0 Å². The van der Waals surface area contributed by atoms with Gasteiger partial charge in [-0.05, 0) is 55.6 Å². The van der Waals surface area contributed by atoms with E-state index in [1.54, 1.807) is 0 Å². The van der Waals surface area contributed by atoms with Gasteiger partial charge in [0.2, 0.25) is 5.79 Å². The van der Waals surface area contributed by atoms with Crippen LogP contribution in [0, 0.1) is 28.6 Å². The van der Waals surface area contributed by atoms with Gasteiger partial charge in [0.25, 0.3) is 0 Å². The minimum absolute atomic E-state index is 0.0992. The molecule has 35 heavy (non-hydrogen) atoms. The van der Waals surface area contributed by atoms with E-state index in [2.05, 4.69) is 38.1 Å². The van der Waals surface area contributed by atoms with Crippen LogP contribution in [0.15, 0.2) is 29.0 Å². The van der Waals surface area contributed by atoms with Crippen molar-refractivity contribution in [2.75, 3.05) is 33.3 Å². The molecule has 4 aliphatic carbocycles. The standard InChI is InChI=1S/C26H37ClN2O6/c1-16-10-20-19-5-4-17-11-18(29-35-9-8-28)6-7-22(17,2)25(19,27)21(30)12-23(20,3)26(16)24(33-15-34-26)13-31-14-32-24/h6-7,11,16,19-21,30H,4-5,8-10,12-15,28H2,1-3H3/b29-18+/t16-,19-,20-,21-,22-,23-,24?,25-,26+/m0/s1. The second-order valence-electron chi connectivity index (χ2n) is 11.6. The summed E-state index contributed by atoms with van der Waals surface area (Å²) in [4.78, 5) is 4.47. The zero-order valence-corrected chi connectivity index (χ0v) is 21.6. The first-order chi connectivity index (χ1) is 16.7. The smallest absolute Gasteiger partial charge is 0.227 e. The number of alkyl halides is 1. The van der Waals surface area contributed by atoms with Gasteiger partial charge >= 0.3 is 0 Å². The van der Waals surface area contributed by atoms with Crippen LogP contribution in [0.25, 0.3) is 0 Å². The topological polar surface area (TPSA) is 105 Å². The molecule has 3 saturated carbocycles. The van der Waals surface area contributed by atoms with Gasteiger partial charge in [-0.3, -0.25) is 0 Å². The van der Waals surface area contributed by atoms with Gasteiger partial charge in [-0.25, -0.2) is 0 Å². The van der Waals surface area contributed by atoms with Crippen LogP contribution in [0.3, 0.4) is 0 Å². The van der Waals surface area contributed by atoms with Gasteiger partial charge in [-0.1, -0.05) is 37.6 Å². The van der Waals surface area contributed by atoms with Crippen LogP contribution in [-0.2, 0) is 23.8 Å². The summed E-state index contributed by atoms with van der Waals surface area (Å²) in [6.45, 7) is 8.14. The Bertz CT molecular complexity index is 975. The van der Waals surface area contributed by atoms with Gasteiger partial charge in [0, 0.05) is 17.4 Å². The highest BCUT2D eigenvalue weighted by Gasteiger charge is 2.81. The molecular formula is C26H37ClN2O6. The van der Waals surface area contributed by atoms with Crippen molar-refractivity contribution in [2.24, 2.45) is 39.5 Å². The number of nitrogens with zero attached hydrogens (tertiary/aromatic N) is 1. The maximum atomic E-state index is 12.0. The summed E-state index contributed by atoms with van der Waals surface area (Å²) in [6, 6.07) is 0. The summed E-state index contributed by atoms with van der Waals surface area (Å²) < 4.78 is 24.5. The number of nitrogens with two attached hydrogens (primary N) is 1. The molecule has 0 aromatic carbocycles. The fourth-order valence-electron chi connectivity index (χ4n) is 8.98. The van der Waals surface area contributed by atoms with Crippen LogP contribution in [-0.4, -0.2) is 66.5 Å². The molecule has 6 rings (SSSR count). The molecule has 0 bridgehead atoms. The van der Waals surface area contributed by atoms with E-state index < -0.39 is 27.8 Å². The van der Waals surface area contributed by atoms with E-state index in [4.69, 9.17) is 41.1 Å². The Morgan fingerprint density at radius 2 is 2.03 bits per heavy atom. The molecule has 3 N–H and O–H groups in total. The Kier molecular flexibility index (Phi) is 5.56. The predicted molar refractivity (Wildman–Crippen MR) is 129 cm³/mol. The highest BCUT2D eigenvalue weighted by atomic mass is 35.5. The van der Waals surface area contributed by atoms with Gasteiger partial charge in [0.15, 0.2) is 13.6 Å². The largest absolute Gasteiger partial charge is 0.394 e. The molecule has 2 spiro atoms. The third-order valence-electron chi connectivity index (χ3n) is 10.4. The quantitative estimate of drug-likeness (QED) is 0.343. The van der Waals surface area contributed by atoms with E-state index in [0.29, 0.717) is 26.2 Å². The van der Waals surface area contributed by atoms with Crippen molar-refractivity contribution in [3.05, 3.63) is 23.8 Å². The summed E-state index contributed by atoms with van der Waals surface area (Å²) in [5.41, 5.74) is 5.89. The van der Waals surface area contributed by atoms with E-state index in [9.17, 15) is 5.11 Å². The molecule has 2 heterocycles. The van der Waals surface area contributed by atoms with E-state index in [-0.39, 0.29) is 36.8 Å². The fraction of sp³-hybridized carbons (Fsp3) is 0.808. The first-order valence-electron chi connectivity index (χ1n) is 12.9. The first-order valence-corrected chi connectivity index (χ1v) is 13.2.